The van der Waals surface area contributed by atoms with Gasteiger partial charge in [-0.2, -0.15) is 0 Å². The van der Waals surface area contributed by atoms with E-state index in [9.17, 15) is 0 Å². The molecular weight excluding hydrogens is 386 g/mol. The van der Waals surface area contributed by atoms with E-state index in [1.807, 2.05) is 6.08 Å². The van der Waals surface area contributed by atoms with Crippen LogP contribution in [0.15, 0.2) is 122 Å². The summed E-state index contributed by atoms with van der Waals surface area (Å²) in [6.07, 6.45) is 1.97. The van der Waals surface area contributed by atoms with Crippen molar-refractivity contribution in [2.75, 3.05) is 5.32 Å². The Hall–Kier alpha value is -4.10. The molecule has 0 atom stereocenters. The summed E-state index contributed by atoms with van der Waals surface area (Å²) in [4.78, 5) is 0. The van der Waals surface area contributed by atoms with Gasteiger partial charge >= 0.3 is 0 Å². The largest absolute Gasteiger partial charge is 0.380 e. The van der Waals surface area contributed by atoms with Gasteiger partial charge in [0.1, 0.15) is 0 Å². The molecule has 0 aromatic heterocycles. The number of para-hydroxylation sites is 1. The maximum Gasteiger partial charge on any atom is 0.0422 e. The Balaban J connectivity index is 1.74. The smallest absolute Gasteiger partial charge is 0.0422 e. The molecule has 5 aromatic rings. The van der Waals surface area contributed by atoms with Gasteiger partial charge in [-0.15, -0.1) is 0 Å². The van der Waals surface area contributed by atoms with Crippen LogP contribution in [0, 0.1) is 0 Å². The molecule has 0 bridgehead atoms. The second kappa shape index (κ2) is 8.95. The molecular formula is C31H25N. The topological polar surface area (TPSA) is 12.0 Å². The van der Waals surface area contributed by atoms with Crippen LogP contribution in [0.25, 0.3) is 39.1 Å². The van der Waals surface area contributed by atoms with Gasteiger partial charge in [-0.1, -0.05) is 116 Å². The number of hydrogen-bond acceptors (Lipinski definition) is 1. The molecule has 0 heterocycles. The highest BCUT2D eigenvalue weighted by Crippen LogP contribution is 2.43. The van der Waals surface area contributed by atoms with Crippen molar-refractivity contribution in [2.24, 2.45) is 0 Å². The fourth-order valence-corrected chi connectivity index (χ4v) is 4.37. The summed E-state index contributed by atoms with van der Waals surface area (Å²) in [7, 11) is 0. The highest BCUT2D eigenvalue weighted by atomic mass is 14.9. The Morgan fingerprint density at radius 3 is 2.09 bits per heavy atom. The van der Waals surface area contributed by atoms with Gasteiger partial charge in [0.2, 0.25) is 0 Å². The zero-order valence-corrected chi connectivity index (χ0v) is 18.0. The van der Waals surface area contributed by atoms with E-state index in [1.54, 1.807) is 0 Å². The lowest BCUT2D eigenvalue weighted by molar-refractivity contribution is 1.15. The van der Waals surface area contributed by atoms with Crippen molar-refractivity contribution in [2.45, 2.75) is 6.54 Å². The number of nitrogens with one attached hydrogen (secondary N) is 1. The molecule has 1 N–H and O–H groups in total. The average molecular weight is 412 g/mol. The summed E-state index contributed by atoms with van der Waals surface area (Å²) in [5, 5.41) is 6.14. The summed E-state index contributed by atoms with van der Waals surface area (Å²) < 4.78 is 0. The molecule has 0 radical (unpaired) electrons. The molecule has 0 amide bonds. The monoisotopic (exact) mass is 411 g/mol. The number of benzene rings is 5. The predicted molar refractivity (Wildman–Crippen MR) is 139 cm³/mol. The molecule has 0 fully saturated rings. The van der Waals surface area contributed by atoms with Gasteiger partial charge in [0.05, 0.1) is 0 Å². The van der Waals surface area contributed by atoms with Crippen molar-refractivity contribution in [3.8, 4) is 22.3 Å². The molecule has 0 unspecified atom stereocenters. The van der Waals surface area contributed by atoms with Crippen LogP contribution in [0.3, 0.4) is 0 Å². The van der Waals surface area contributed by atoms with Crippen molar-refractivity contribution in [1.29, 1.82) is 0 Å². The lowest BCUT2D eigenvalue weighted by Gasteiger charge is -2.20. The van der Waals surface area contributed by atoms with Crippen LogP contribution in [-0.2, 0) is 6.54 Å². The third-order valence-electron chi connectivity index (χ3n) is 5.88. The van der Waals surface area contributed by atoms with Gasteiger partial charge in [-0.25, -0.2) is 0 Å². The van der Waals surface area contributed by atoms with Crippen molar-refractivity contribution in [3.63, 3.8) is 0 Å². The van der Waals surface area contributed by atoms with Crippen molar-refractivity contribution in [3.05, 3.63) is 133 Å². The Morgan fingerprint density at radius 1 is 0.656 bits per heavy atom. The lowest BCUT2D eigenvalue weighted by Crippen LogP contribution is -2.02. The van der Waals surface area contributed by atoms with Gasteiger partial charge in [0.25, 0.3) is 0 Å². The van der Waals surface area contributed by atoms with Crippen LogP contribution in [0.1, 0.15) is 11.1 Å². The highest BCUT2D eigenvalue weighted by molar-refractivity contribution is 6.08. The Morgan fingerprint density at radius 2 is 1.31 bits per heavy atom. The second-order valence-electron chi connectivity index (χ2n) is 7.89. The SMILES string of the molecule is C=Cc1cc2ccccc2c(-c2ccccc2)c1-c1ccccc1NCc1ccccc1. The van der Waals surface area contributed by atoms with Crippen molar-refractivity contribution >= 4 is 22.5 Å². The van der Waals surface area contributed by atoms with E-state index in [0.717, 1.165) is 17.8 Å². The maximum absolute atomic E-state index is 4.16. The molecule has 1 heteroatoms. The van der Waals surface area contributed by atoms with E-state index in [2.05, 4.69) is 127 Å². The van der Waals surface area contributed by atoms with E-state index in [0.29, 0.717) is 0 Å². The summed E-state index contributed by atoms with van der Waals surface area (Å²) in [5.74, 6) is 0. The summed E-state index contributed by atoms with van der Waals surface area (Å²) in [5.41, 5.74) is 8.35. The van der Waals surface area contributed by atoms with E-state index in [-0.39, 0.29) is 0 Å². The lowest BCUT2D eigenvalue weighted by atomic mass is 9.85. The minimum atomic E-state index is 0.773. The van der Waals surface area contributed by atoms with Gasteiger partial charge in [-0.3, -0.25) is 0 Å². The minimum absolute atomic E-state index is 0.773. The molecule has 5 rings (SSSR count). The second-order valence-corrected chi connectivity index (χ2v) is 7.89. The molecule has 0 saturated carbocycles. The molecule has 0 saturated heterocycles. The van der Waals surface area contributed by atoms with Gasteiger partial charge < -0.3 is 5.32 Å². The molecule has 0 aliphatic rings. The van der Waals surface area contributed by atoms with E-state index < -0.39 is 0 Å². The first kappa shape index (κ1) is 19.8. The molecule has 154 valence electrons. The van der Waals surface area contributed by atoms with Crippen LogP contribution >= 0.6 is 0 Å². The van der Waals surface area contributed by atoms with Crippen LogP contribution in [0.5, 0.6) is 0 Å². The standard InChI is InChI=1S/C31H25N/c1-2-24-21-26-17-9-10-18-27(26)31(25-15-7-4-8-16-25)30(24)28-19-11-12-20-29(28)32-22-23-13-5-3-6-14-23/h2-21,32H,1,22H2. The van der Waals surface area contributed by atoms with Gasteiger partial charge in [0.15, 0.2) is 0 Å². The molecule has 0 aliphatic heterocycles. The van der Waals surface area contributed by atoms with Gasteiger partial charge in [0, 0.05) is 17.8 Å². The summed E-state index contributed by atoms with van der Waals surface area (Å²) in [6, 6.07) is 40.6. The summed E-state index contributed by atoms with van der Waals surface area (Å²) in [6.45, 7) is 4.93. The van der Waals surface area contributed by atoms with E-state index in [1.165, 1.54) is 38.6 Å². The molecule has 0 aliphatic carbocycles. The Labute approximate surface area is 189 Å². The number of anilines is 1. The first-order valence-corrected chi connectivity index (χ1v) is 11.0. The minimum Gasteiger partial charge on any atom is -0.380 e. The zero-order chi connectivity index (χ0) is 21.8. The molecule has 1 nitrogen and oxygen atoms in total. The average Bonchev–Trinajstić information content (AvgIpc) is 2.87. The van der Waals surface area contributed by atoms with Crippen LogP contribution in [0.2, 0.25) is 0 Å². The highest BCUT2D eigenvalue weighted by Gasteiger charge is 2.17. The van der Waals surface area contributed by atoms with Crippen LogP contribution in [0.4, 0.5) is 5.69 Å². The van der Waals surface area contributed by atoms with Crippen LogP contribution < -0.4 is 5.32 Å². The number of hydrogen-bond donors (Lipinski definition) is 1. The van der Waals surface area contributed by atoms with E-state index in [4.69, 9.17) is 0 Å². The van der Waals surface area contributed by atoms with E-state index >= 15 is 0 Å². The summed E-state index contributed by atoms with van der Waals surface area (Å²) >= 11 is 0. The first-order chi connectivity index (χ1) is 15.8. The molecule has 5 aromatic carbocycles. The fourth-order valence-electron chi connectivity index (χ4n) is 4.37. The number of rotatable bonds is 6. The molecule has 32 heavy (non-hydrogen) atoms. The first-order valence-electron chi connectivity index (χ1n) is 11.0. The normalized spacial score (nSPS) is 10.8. The Kier molecular flexibility index (Phi) is 5.55. The van der Waals surface area contributed by atoms with Crippen LogP contribution in [-0.4, -0.2) is 0 Å². The zero-order valence-electron chi connectivity index (χ0n) is 18.0. The predicted octanol–water partition coefficient (Wildman–Crippen LogP) is 8.43. The fraction of sp³-hybridized carbons (Fsp3) is 0.0323. The quantitative estimate of drug-likeness (QED) is 0.296. The number of fused-ring (bicyclic) bond motifs is 1. The third kappa shape index (κ3) is 3.81. The molecule has 0 spiro atoms. The third-order valence-corrected chi connectivity index (χ3v) is 5.88. The van der Waals surface area contributed by atoms with Gasteiger partial charge in [-0.05, 0) is 50.7 Å². The van der Waals surface area contributed by atoms with Crippen molar-refractivity contribution in [1.82, 2.24) is 0 Å². The Bertz CT molecular complexity index is 1370. The van der Waals surface area contributed by atoms with Crippen molar-refractivity contribution < 1.29 is 0 Å². The maximum atomic E-state index is 4.16.